The van der Waals surface area contributed by atoms with E-state index < -0.39 is 16.0 Å². The highest BCUT2D eigenvalue weighted by Crippen LogP contribution is 2.44. The zero-order valence-electron chi connectivity index (χ0n) is 13.6. The van der Waals surface area contributed by atoms with E-state index >= 15 is 0 Å². The van der Waals surface area contributed by atoms with Gasteiger partial charge in [0.2, 0.25) is 0 Å². The summed E-state index contributed by atoms with van der Waals surface area (Å²) in [4.78, 5) is 0. The number of nitrogens with zero attached hydrogens (tertiary/aromatic N) is 2. The monoisotopic (exact) mass is 357 g/mol. The van der Waals surface area contributed by atoms with Crippen LogP contribution >= 0.6 is 0 Å². The number of hydrogen-bond acceptors (Lipinski definition) is 3. The molecule has 0 spiro atoms. The van der Waals surface area contributed by atoms with Crippen molar-refractivity contribution >= 4 is 21.6 Å². The van der Waals surface area contributed by atoms with Crippen molar-refractivity contribution in [3.8, 4) is 17.2 Å². The molecule has 0 saturated heterocycles. The SMILES string of the molecule is CN1c2cc(-c3c(F)cccc3C#N)cc(CC3CC3)c2NS1(=O)=O. The molecule has 25 heavy (non-hydrogen) atoms. The van der Waals surface area contributed by atoms with Crippen LogP contribution in [0.25, 0.3) is 11.1 Å². The van der Waals surface area contributed by atoms with E-state index in [4.69, 9.17) is 0 Å². The maximum atomic E-state index is 14.4. The van der Waals surface area contributed by atoms with Gasteiger partial charge in [0.25, 0.3) is 0 Å². The minimum Gasteiger partial charge on any atom is -0.264 e. The van der Waals surface area contributed by atoms with Crippen LogP contribution in [-0.4, -0.2) is 15.5 Å². The number of anilines is 2. The normalized spacial score (nSPS) is 17.7. The second-order valence-corrected chi connectivity index (χ2v) is 8.23. The van der Waals surface area contributed by atoms with Gasteiger partial charge in [-0.3, -0.25) is 9.03 Å². The first-order valence-electron chi connectivity index (χ1n) is 8.03. The molecule has 0 radical (unpaired) electrons. The van der Waals surface area contributed by atoms with Crippen LogP contribution in [0.2, 0.25) is 0 Å². The van der Waals surface area contributed by atoms with Gasteiger partial charge in [0.1, 0.15) is 5.82 Å². The molecule has 128 valence electrons. The molecule has 0 unspecified atom stereocenters. The second-order valence-electron chi connectivity index (χ2n) is 6.53. The summed E-state index contributed by atoms with van der Waals surface area (Å²) < 4.78 is 42.6. The number of fused-ring (bicyclic) bond motifs is 1. The van der Waals surface area contributed by atoms with Crippen molar-refractivity contribution in [2.45, 2.75) is 19.3 Å². The summed E-state index contributed by atoms with van der Waals surface area (Å²) in [7, 11) is -2.16. The molecule has 2 aromatic rings. The summed E-state index contributed by atoms with van der Waals surface area (Å²) in [6.45, 7) is 0. The smallest absolute Gasteiger partial charge is 0.264 e. The topological polar surface area (TPSA) is 73.2 Å². The number of nitrogens with one attached hydrogen (secondary N) is 1. The average molecular weight is 357 g/mol. The predicted molar refractivity (Wildman–Crippen MR) is 93.9 cm³/mol. The molecular weight excluding hydrogens is 341 g/mol. The van der Waals surface area contributed by atoms with E-state index in [1.165, 1.54) is 19.2 Å². The van der Waals surface area contributed by atoms with Crippen LogP contribution in [0.15, 0.2) is 30.3 Å². The summed E-state index contributed by atoms with van der Waals surface area (Å²) in [5, 5.41) is 9.32. The molecule has 7 heteroatoms. The molecule has 1 saturated carbocycles. The van der Waals surface area contributed by atoms with Gasteiger partial charge in [-0.1, -0.05) is 6.07 Å². The molecule has 1 aliphatic carbocycles. The first-order chi connectivity index (χ1) is 11.9. The van der Waals surface area contributed by atoms with Crippen molar-refractivity contribution in [3.05, 3.63) is 47.3 Å². The fourth-order valence-electron chi connectivity index (χ4n) is 3.23. The van der Waals surface area contributed by atoms with E-state index in [9.17, 15) is 18.1 Å². The Hall–Kier alpha value is -2.59. The van der Waals surface area contributed by atoms with E-state index in [0.29, 0.717) is 22.9 Å². The van der Waals surface area contributed by atoms with Crippen LogP contribution in [0, 0.1) is 23.1 Å². The highest BCUT2D eigenvalue weighted by atomic mass is 32.2. The van der Waals surface area contributed by atoms with Crippen molar-refractivity contribution in [2.75, 3.05) is 16.1 Å². The number of benzene rings is 2. The Kier molecular flexibility index (Phi) is 3.48. The van der Waals surface area contributed by atoms with Crippen LogP contribution in [0.5, 0.6) is 0 Å². The predicted octanol–water partition coefficient (Wildman–Crippen LogP) is 3.42. The lowest BCUT2D eigenvalue weighted by atomic mass is 9.94. The highest BCUT2D eigenvalue weighted by Gasteiger charge is 2.34. The van der Waals surface area contributed by atoms with Gasteiger partial charge in [0, 0.05) is 12.6 Å². The van der Waals surface area contributed by atoms with Gasteiger partial charge in [-0.25, -0.2) is 4.39 Å². The van der Waals surface area contributed by atoms with E-state index in [2.05, 4.69) is 4.72 Å². The van der Waals surface area contributed by atoms with Crippen molar-refractivity contribution in [2.24, 2.45) is 5.92 Å². The van der Waals surface area contributed by atoms with Gasteiger partial charge in [-0.2, -0.15) is 13.7 Å². The van der Waals surface area contributed by atoms with Crippen LogP contribution in [0.3, 0.4) is 0 Å². The molecule has 5 nitrogen and oxygen atoms in total. The van der Waals surface area contributed by atoms with Crippen LogP contribution in [0.1, 0.15) is 24.0 Å². The molecular formula is C18H16FN3O2S. The maximum Gasteiger partial charge on any atom is 0.323 e. The van der Waals surface area contributed by atoms with E-state index in [0.717, 1.165) is 29.1 Å². The summed E-state index contributed by atoms with van der Waals surface area (Å²) in [6, 6.07) is 9.81. The Morgan fingerprint density at radius 2 is 2.12 bits per heavy atom. The minimum absolute atomic E-state index is 0.211. The summed E-state index contributed by atoms with van der Waals surface area (Å²) in [5.74, 6) is 0.0404. The van der Waals surface area contributed by atoms with Crippen LogP contribution in [-0.2, 0) is 16.6 Å². The van der Waals surface area contributed by atoms with Crippen molar-refractivity contribution in [1.82, 2.24) is 0 Å². The molecule has 4 rings (SSSR count). The number of rotatable bonds is 3. The quantitative estimate of drug-likeness (QED) is 0.915. The Labute approximate surface area is 145 Å². The fourth-order valence-corrected chi connectivity index (χ4v) is 4.26. The third-order valence-corrected chi connectivity index (χ3v) is 6.14. The second kappa shape index (κ2) is 5.46. The average Bonchev–Trinajstić information content (AvgIpc) is 3.35. The number of hydrogen-bond donors (Lipinski definition) is 1. The van der Waals surface area contributed by atoms with E-state index in [1.54, 1.807) is 18.2 Å². The summed E-state index contributed by atoms with van der Waals surface area (Å²) >= 11 is 0. The lowest BCUT2D eigenvalue weighted by molar-refractivity contribution is 0.601. The third-order valence-electron chi connectivity index (χ3n) is 4.76. The molecule has 1 fully saturated rings. The van der Waals surface area contributed by atoms with Gasteiger partial charge < -0.3 is 0 Å². The highest BCUT2D eigenvalue weighted by molar-refractivity contribution is 7.94. The first-order valence-corrected chi connectivity index (χ1v) is 9.47. The first kappa shape index (κ1) is 15.9. The van der Waals surface area contributed by atoms with E-state index in [1.807, 2.05) is 6.07 Å². The minimum atomic E-state index is -3.62. The van der Waals surface area contributed by atoms with E-state index in [-0.39, 0.29) is 11.1 Å². The molecule has 0 amide bonds. The van der Waals surface area contributed by atoms with Crippen LogP contribution in [0.4, 0.5) is 15.8 Å². The Balaban J connectivity index is 1.95. The van der Waals surface area contributed by atoms with Crippen molar-refractivity contribution in [1.29, 1.82) is 5.26 Å². The van der Waals surface area contributed by atoms with Gasteiger partial charge in [0.05, 0.1) is 23.0 Å². The summed E-state index contributed by atoms with van der Waals surface area (Å²) in [6.07, 6.45) is 2.97. The Morgan fingerprint density at radius 3 is 2.80 bits per heavy atom. The maximum absolute atomic E-state index is 14.4. The van der Waals surface area contributed by atoms with Crippen molar-refractivity contribution < 1.29 is 12.8 Å². The molecule has 0 aromatic heterocycles. The lowest BCUT2D eigenvalue weighted by Gasteiger charge is -2.14. The Morgan fingerprint density at radius 1 is 1.36 bits per heavy atom. The van der Waals surface area contributed by atoms with Gasteiger partial charge in [-0.05, 0) is 60.6 Å². The molecule has 2 aromatic carbocycles. The standard InChI is InChI=1S/C18H16FN3O2S/c1-22-16-9-13(17-12(10-20)3-2-4-15(17)19)8-14(7-11-5-6-11)18(16)21-25(22,23)24/h2-4,8-9,11,21H,5-7H2,1H3. The van der Waals surface area contributed by atoms with Crippen molar-refractivity contribution in [3.63, 3.8) is 0 Å². The zero-order valence-corrected chi connectivity index (χ0v) is 14.4. The third kappa shape index (κ3) is 2.63. The Bertz CT molecular complexity index is 1020. The number of halogens is 1. The molecule has 0 atom stereocenters. The summed E-state index contributed by atoms with van der Waals surface area (Å²) in [5.41, 5.74) is 2.86. The zero-order chi connectivity index (χ0) is 17.8. The fraction of sp³-hybridized carbons (Fsp3) is 0.278. The largest absolute Gasteiger partial charge is 0.323 e. The van der Waals surface area contributed by atoms with Gasteiger partial charge in [-0.15, -0.1) is 0 Å². The number of nitriles is 1. The van der Waals surface area contributed by atoms with Gasteiger partial charge >= 0.3 is 10.2 Å². The van der Waals surface area contributed by atoms with Crippen LogP contribution < -0.4 is 9.03 Å². The molecule has 1 N–H and O–H groups in total. The van der Waals surface area contributed by atoms with Gasteiger partial charge in [0.15, 0.2) is 0 Å². The molecule has 2 aliphatic rings. The molecule has 0 bridgehead atoms. The molecule has 1 heterocycles. The molecule has 1 aliphatic heterocycles. The lowest BCUT2D eigenvalue weighted by Crippen LogP contribution is -2.25.